The Labute approximate surface area is 174 Å². The van der Waals surface area contributed by atoms with Crippen molar-refractivity contribution in [2.24, 2.45) is 0 Å². The first kappa shape index (κ1) is 19.1. The highest BCUT2D eigenvalue weighted by atomic mass is 79.9. The molecule has 1 aliphatic rings. The molecule has 0 aliphatic carbocycles. The Hall–Kier alpha value is -3.19. The maximum Gasteiger partial charge on any atom is 0.300 e. The number of aliphatic hydroxyl groups is 1. The molecule has 0 spiro atoms. The van der Waals surface area contributed by atoms with Gasteiger partial charge in [0, 0.05) is 15.7 Å². The largest absolute Gasteiger partial charge is 0.507 e. The number of nitrogens with zero attached hydrogens (tertiary/aromatic N) is 1. The molecule has 1 aliphatic heterocycles. The monoisotopic (exact) mass is 455 g/mol. The lowest BCUT2D eigenvalue weighted by Gasteiger charge is -2.23. The summed E-state index contributed by atoms with van der Waals surface area (Å²) in [7, 11) is 0. The van der Waals surface area contributed by atoms with E-state index in [1.54, 1.807) is 43.3 Å². The van der Waals surface area contributed by atoms with Crippen LogP contribution < -0.4 is 4.90 Å². The molecule has 1 N–H and O–H groups in total. The zero-order valence-corrected chi connectivity index (χ0v) is 16.8. The van der Waals surface area contributed by atoms with Gasteiger partial charge in [-0.1, -0.05) is 28.1 Å². The SMILES string of the molecule is Cc1ccc(C2/C(=C(/O)c3ccc(Br)cc3)C(=O)C(=O)N2c2ccc(F)cc2)o1. The fraction of sp³-hybridized carbons (Fsp3) is 0.0909. The Morgan fingerprint density at radius 1 is 1.03 bits per heavy atom. The molecule has 7 heteroatoms. The number of rotatable bonds is 3. The number of carbonyl (C=O) groups excluding carboxylic acids is 2. The van der Waals surface area contributed by atoms with Crippen molar-refractivity contribution < 1.29 is 23.5 Å². The summed E-state index contributed by atoms with van der Waals surface area (Å²) < 4.78 is 19.9. The van der Waals surface area contributed by atoms with E-state index < -0.39 is 23.5 Å². The molecule has 0 saturated carbocycles. The number of aryl methyl sites for hydroxylation is 1. The second kappa shape index (κ2) is 7.33. The number of anilines is 1. The van der Waals surface area contributed by atoms with Gasteiger partial charge in [0.2, 0.25) is 0 Å². The van der Waals surface area contributed by atoms with Gasteiger partial charge < -0.3 is 9.52 Å². The Kier molecular flexibility index (Phi) is 4.84. The highest BCUT2D eigenvalue weighted by Crippen LogP contribution is 2.42. The van der Waals surface area contributed by atoms with Gasteiger partial charge in [-0.15, -0.1) is 0 Å². The number of amides is 1. The average molecular weight is 456 g/mol. The quantitative estimate of drug-likeness (QED) is 0.338. The maximum atomic E-state index is 13.4. The summed E-state index contributed by atoms with van der Waals surface area (Å²) >= 11 is 3.32. The topological polar surface area (TPSA) is 70.8 Å². The first-order valence-corrected chi connectivity index (χ1v) is 9.55. The first-order valence-electron chi connectivity index (χ1n) is 8.75. The Morgan fingerprint density at radius 2 is 1.69 bits per heavy atom. The van der Waals surface area contributed by atoms with Gasteiger partial charge >= 0.3 is 0 Å². The lowest BCUT2D eigenvalue weighted by molar-refractivity contribution is -0.132. The van der Waals surface area contributed by atoms with Crippen molar-refractivity contribution >= 4 is 39.1 Å². The molecule has 0 bridgehead atoms. The average Bonchev–Trinajstić information content (AvgIpc) is 3.24. The minimum Gasteiger partial charge on any atom is -0.507 e. The molecule has 2 heterocycles. The van der Waals surface area contributed by atoms with E-state index in [0.29, 0.717) is 22.8 Å². The van der Waals surface area contributed by atoms with Crippen LogP contribution in [0, 0.1) is 12.7 Å². The van der Waals surface area contributed by atoms with Crippen molar-refractivity contribution in [3.63, 3.8) is 0 Å². The molecule has 4 rings (SSSR count). The minimum atomic E-state index is -0.974. The number of hydrogen-bond donors (Lipinski definition) is 1. The summed E-state index contributed by atoms with van der Waals surface area (Å²) in [6.45, 7) is 1.74. The molecule has 0 radical (unpaired) electrons. The van der Waals surface area contributed by atoms with E-state index in [2.05, 4.69) is 15.9 Å². The van der Waals surface area contributed by atoms with Crippen LogP contribution in [0.25, 0.3) is 5.76 Å². The summed E-state index contributed by atoms with van der Waals surface area (Å²) in [4.78, 5) is 27.0. The predicted octanol–water partition coefficient (Wildman–Crippen LogP) is 5.12. The van der Waals surface area contributed by atoms with E-state index in [1.165, 1.54) is 29.2 Å². The number of carbonyl (C=O) groups is 2. The van der Waals surface area contributed by atoms with Gasteiger partial charge in [-0.05, 0) is 55.5 Å². The van der Waals surface area contributed by atoms with Crippen molar-refractivity contribution in [1.29, 1.82) is 0 Å². The first-order chi connectivity index (χ1) is 13.9. The summed E-state index contributed by atoms with van der Waals surface area (Å²) in [5, 5.41) is 10.9. The van der Waals surface area contributed by atoms with Gasteiger partial charge in [-0.3, -0.25) is 14.5 Å². The van der Waals surface area contributed by atoms with Gasteiger partial charge in [0.15, 0.2) is 0 Å². The standard InChI is InChI=1S/C22H15BrFNO4/c1-12-2-11-17(29-12)19-18(20(26)13-3-5-14(23)6-4-13)21(27)22(28)25(19)16-9-7-15(24)8-10-16/h2-11,19,26H,1H3/b20-18-. The van der Waals surface area contributed by atoms with Gasteiger partial charge in [0.05, 0.1) is 5.57 Å². The van der Waals surface area contributed by atoms with Crippen molar-refractivity contribution in [2.45, 2.75) is 13.0 Å². The highest BCUT2D eigenvalue weighted by Gasteiger charge is 2.48. The van der Waals surface area contributed by atoms with Crippen LogP contribution in [0.4, 0.5) is 10.1 Å². The zero-order valence-electron chi connectivity index (χ0n) is 15.2. The fourth-order valence-corrected chi connectivity index (χ4v) is 3.60. The predicted molar refractivity (Wildman–Crippen MR) is 109 cm³/mol. The Balaban J connectivity index is 1.92. The summed E-state index contributed by atoms with van der Waals surface area (Å²) in [6, 6.07) is 14.3. The van der Waals surface area contributed by atoms with E-state index in [1.807, 2.05) is 0 Å². The number of ketones is 1. The zero-order chi connectivity index (χ0) is 20.7. The van der Waals surface area contributed by atoms with Crippen LogP contribution in [-0.2, 0) is 9.59 Å². The third-order valence-electron chi connectivity index (χ3n) is 4.70. The molecule has 1 saturated heterocycles. The van der Waals surface area contributed by atoms with Crippen molar-refractivity contribution in [3.05, 3.63) is 93.6 Å². The number of halogens is 2. The summed E-state index contributed by atoms with van der Waals surface area (Å²) in [5.74, 6) is -1.52. The van der Waals surface area contributed by atoms with Gasteiger partial charge in [-0.25, -0.2) is 4.39 Å². The van der Waals surface area contributed by atoms with Crippen molar-refractivity contribution in [1.82, 2.24) is 0 Å². The normalized spacial score (nSPS) is 18.4. The van der Waals surface area contributed by atoms with Crippen LogP contribution in [0.2, 0.25) is 0 Å². The Morgan fingerprint density at radius 3 is 2.28 bits per heavy atom. The van der Waals surface area contributed by atoms with Crippen molar-refractivity contribution in [2.75, 3.05) is 4.90 Å². The van der Waals surface area contributed by atoms with Gasteiger partial charge in [0.1, 0.15) is 29.1 Å². The van der Waals surface area contributed by atoms with E-state index in [4.69, 9.17) is 4.42 Å². The maximum absolute atomic E-state index is 13.4. The lowest BCUT2D eigenvalue weighted by atomic mass is 9.99. The number of benzene rings is 2. The molecule has 5 nitrogen and oxygen atoms in total. The van der Waals surface area contributed by atoms with Crippen LogP contribution in [0.3, 0.4) is 0 Å². The molecule has 1 fully saturated rings. The van der Waals surface area contributed by atoms with E-state index in [0.717, 1.165) is 4.47 Å². The fourth-order valence-electron chi connectivity index (χ4n) is 3.33. The molecule has 1 atom stereocenters. The van der Waals surface area contributed by atoms with Crippen LogP contribution in [0.1, 0.15) is 23.1 Å². The van der Waals surface area contributed by atoms with E-state index in [-0.39, 0.29) is 11.3 Å². The molecular weight excluding hydrogens is 441 g/mol. The molecule has 2 aromatic carbocycles. The second-order valence-corrected chi connectivity index (χ2v) is 7.52. The second-order valence-electron chi connectivity index (χ2n) is 6.60. The third-order valence-corrected chi connectivity index (χ3v) is 5.23. The number of Topliss-reactive ketones (excluding diaryl/α,β-unsaturated/α-hetero) is 1. The lowest BCUT2D eigenvalue weighted by Crippen LogP contribution is -2.29. The van der Waals surface area contributed by atoms with Crippen LogP contribution in [0.15, 0.2) is 75.1 Å². The molecule has 146 valence electrons. The van der Waals surface area contributed by atoms with Crippen LogP contribution >= 0.6 is 15.9 Å². The molecular formula is C22H15BrFNO4. The number of aliphatic hydroxyl groups excluding tert-OH is 1. The van der Waals surface area contributed by atoms with Gasteiger partial charge in [0.25, 0.3) is 11.7 Å². The highest BCUT2D eigenvalue weighted by molar-refractivity contribution is 9.10. The molecule has 1 aromatic heterocycles. The molecule has 1 unspecified atom stereocenters. The van der Waals surface area contributed by atoms with E-state index in [9.17, 15) is 19.1 Å². The van der Waals surface area contributed by atoms with Gasteiger partial charge in [-0.2, -0.15) is 0 Å². The smallest absolute Gasteiger partial charge is 0.300 e. The molecule has 1 amide bonds. The van der Waals surface area contributed by atoms with E-state index >= 15 is 0 Å². The summed E-state index contributed by atoms with van der Waals surface area (Å²) in [6.07, 6.45) is 0. The number of hydrogen-bond acceptors (Lipinski definition) is 4. The third kappa shape index (κ3) is 3.38. The Bertz CT molecular complexity index is 1130. The number of furan rings is 1. The van der Waals surface area contributed by atoms with Crippen LogP contribution in [-0.4, -0.2) is 16.8 Å². The minimum absolute atomic E-state index is 0.0870. The van der Waals surface area contributed by atoms with Crippen LogP contribution in [0.5, 0.6) is 0 Å². The summed E-state index contributed by atoms with van der Waals surface area (Å²) in [5.41, 5.74) is 0.622. The van der Waals surface area contributed by atoms with Crippen molar-refractivity contribution in [3.8, 4) is 0 Å². The molecule has 29 heavy (non-hydrogen) atoms. The molecule has 3 aromatic rings.